The molecule has 2 heterocycles. The predicted octanol–water partition coefficient (Wildman–Crippen LogP) is 3.35. The second-order valence-electron chi connectivity index (χ2n) is 6.90. The maximum Gasteiger partial charge on any atom is 0.295 e. The Balaban J connectivity index is 2.03. The molecular formula is C22H26N2O4. The van der Waals surface area contributed by atoms with Crippen LogP contribution in [0, 0.1) is 6.92 Å². The highest BCUT2D eigenvalue weighted by Gasteiger charge is 2.47. The van der Waals surface area contributed by atoms with E-state index < -0.39 is 17.7 Å². The van der Waals surface area contributed by atoms with Crippen LogP contribution >= 0.6 is 0 Å². The number of ketones is 1. The summed E-state index contributed by atoms with van der Waals surface area (Å²) in [5.74, 6) is -1.00. The third kappa shape index (κ3) is 3.73. The number of carbonyl (C=O) groups excluding carboxylic acids is 2. The number of rotatable bonds is 7. The van der Waals surface area contributed by atoms with Gasteiger partial charge in [0.2, 0.25) is 0 Å². The lowest BCUT2D eigenvalue weighted by molar-refractivity contribution is -0.140. The molecule has 6 nitrogen and oxygen atoms in total. The molecule has 1 amide bonds. The molecule has 1 fully saturated rings. The number of carbonyl (C=O) groups is 2. The van der Waals surface area contributed by atoms with Crippen LogP contribution < -0.4 is 0 Å². The fraction of sp³-hybridized carbons (Fsp3) is 0.364. The average Bonchev–Trinajstić information content (AvgIpc) is 3.31. The van der Waals surface area contributed by atoms with Gasteiger partial charge in [0, 0.05) is 18.7 Å². The van der Waals surface area contributed by atoms with Gasteiger partial charge in [-0.1, -0.05) is 43.7 Å². The molecule has 6 heteroatoms. The van der Waals surface area contributed by atoms with E-state index in [-0.39, 0.29) is 11.3 Å². The van der Waals surface area contributed by atoms with Crippen molar-refractivity contribution in [1.29, 1.82) is 0 Å². The third-order valence-corrected chi connectivity index (χ3v) is 5.23. The van der Waals surface area contributed by atoms with Crippen molar-refractivity contribution in [2.24, 2.45) is 0 Å². The number of aliphatic hydroxyl groups is 1. The highest BCUT2D eigenvalue weighted by Crippen LogP contribution is 2.39. The highest BCUT2D eigenvalue weighted by molar-refractivity contribution is 6.46. The van der Waals surface area contributed by atoms with Crippen LogP contribution in [0.15, 0.2) is 52.7 Å². The van der Waals surface area contributed by atoms with Crippen LogP contribution in [0.2, 0.25) is 0 Å². The van der Waals surface area contributed by atoms with Gasteiger partial charge >= 0.3 is 0 Å². The second-order valence-corrected chi connectivity index (χ2v) is 6.90. The van der Waals surface area contributed by atoms with E-state index in [9.17, 15) is 14.7 Å². The molecule has 0 spiro atoms. The van der Waals surface area contributed by atoms with Crippen LogP contribution in [0.3, 0.4) is 0 Å². The molecule has 1 aromatic carbocycles. The molecule has 0 unspecified atom stereocenters. The molecule has 0 aliphatic carbocycles. The molecule has 1 N–H and O–H groups in total. The van der Waals surface area contributed by atoms with Crippen molar-refractivity contribution in [2.75, 3.05) is 26.2 Å². The van der Waals surface area contributed by atoms with E-state index in [0.717, 1.165) is 18.7 Å². The van der Waals surface area contributed by atoms with Crippen molar-refractivity contribution in [1.82, 2.24) is 9.80 Å². The van der Waals surface area contributed by atoms with E-state index >= 15 is 0 Å². The molecular weight excluding hydrogens is 356 g/mol. The first kappa shape index (κ1) is 19.9. The number of Topliss-reactive ketones (excluding diaryl/α,β-unsaturated/α-hetero) is 1. The summed E-state index contributed by atoms with van der Waals surface area (Å²) in [6.07, 6.45) is 1.51. The molecule has 0 saturated carbocycles. The van der Waals surface area contributed by atoms with E-state index in [0.29, 0.717) is 24.4 Å². The van der Waals surface area contributed by atoms with Gasteiger partial charge in [-0.05, 0) is 32.1 Å². The van der Waals surface area contributed by atoms with Gasteiger partial charge in [0.05, 0.1) is 11.8 Å². The smallest absolute Gasteiger partial charge is 0.295 e. The summed E-state index contributed by atoms with van der Waals surface area (Å²) in [7, 11) is 0. The molecule has 148 valence electrons. The molecule has 1 saturated heterocycles. The van der Waals surface area contributed by atoms with E-state index in [1.54, 1.807) is 24.3 Å². The zero-order valence-electron chi connectivity index (χ0n) is 16.5. The molecule has 1 atom stereocenters. The summed E-state index contributed by atoms with van der Waals surface area (Å²) in [5, 5.41) is 10.9. The number of hydrogen-bond donors (Lipinski definition) is 1. The maximum atomic E-state index is 12.8. The Morgan fingerprint density at radius 1 is 1.14 bits per heavy atom. The van der Waals surface area contributed by atoms with Crippen LogP contribution in [0.4, 0.5) is 0 Å². The number of aryl methyl sites for hydroxylation is 1. The summed E-state index contributed by atoms with van der Waals surface area (Å²) in [5.41, 5.74) is 1.62. The van der Waals surface area contributed by atoms with Crippen LogP contribution in [0.5, 0.6) is 0 Å². The van der Waals surface area contributed by atoms with Gasteiger partial charge in [-0.25, -0.2) is 0 Å². The maximum absolute atomic E-state index is 12.8. The van der Waals surface area contributed by atoms with Crippen molar-refractivity contribution in [2.45, 2.75) is 26.8 Å². The van der Waals surface area contributed by atoms with Gasteiger partial charge in [-0.3, -0.25) is 9.59 Å². The Morgan fingerprint density at radius 3 is 2.39 bits per heavy atom. The van der Waals surface area contributed by atoms with E-state index in [2.05, 4.69) is 18.7 Å². The fourth-order valence-corrected chi connectivity index (χ4v) is 3.51. The zero-order valence-corrected chi connectivity index (χ0v) is 16.5. The SMILES string of the molecule is CCN(CC)CCN1C(=O)C(=O)/C(=C(/O)c2ccc(C)cc2)[C@@H]1c1ccco1. The second kappa shape index (κ2) is 8.44. The van der Waals surface area contributed by atoms with Crippen LogP contribution in [-0.2, 0) is 9.59 Å². The number of nitrogens with zero attached hydrogens (tertiary/aromatic N) is 2. The lowest BCUT2D eigenvalue weighted by atomic mass is 9.99. The van der Waals surface area contributed by atoms with Gasteiger partial charge in [-0.2, -0.15) is 0 Å². The highest BCUT2D eigenvalue weighted by atomic mass is 16.3. The summed E-state index contributed by atoms with van der Waals surface area (Å²) < 4.78 is 5.53. The first-order chi connectivity index (χ1) is 13.5. The van der Waals surface area contributed by atoms with Gasteiger partial charge in [-0.15, -0.1) is 0 Å². The van der Waals surface area contributed by atoms with E-state index in [1.807, 2.05) is 19.1 Å². The predicted molar refractivity (Wildman–Crippen MR) is 107 cm³/mol. The molecule has 3 rings (SSSR count). The zero-order chi connectivity index (χ0) is 20.3. The van der Waals surface area contributed by atoms with Gasteiger partial charge in [0.1, 0.15) is 17.6 Å². The van der Waals surface area contributed by atoms with Gasteiger partial charge in [0.25, 0.3) is 11.7 Å². The summed E-state index contributed by atoms with van der Waals surface area (Å²) in [6, 6.07) is 9.91. The average molecular weight is 382 g/mol. The Morgan fingerprint density at radius 2 is 1.82 bits per heavy atom. The Labute approximate surface area is 165 Å². The standard InChI is InChI=1S/C22H26N2O4/c1-4-23(5-2)12-13-24-19(17-7-6-14-28-17)18(21(26)22(24)27)20(25)16-10-8-15(3)9-11-16/h6-11,14,19,25H,4-5,12-13H2,1-3H3/b20-18+/t19-/m0/s1. The summed E-state index contributed by atoms with van der Waals surface area (Å²) >= 11 is 0. The Bertz CT molecular complexity index is 864. The van der Waals surface area contributed by atoms with Crippen LogP contribution in [-0.4, -0.2) is 52.8 Å². The third-order valence-electron chi connectivity index (χ3n) is 5.23. The molecule has 0 radical (unpaired) electrons. The minimum Gasteiger partial charge on any atom is -0.507 e. The normalized spacial score (nSPS) is 19.0. The minimum absolute atomic E-state index is 0.0725. The number of amides is 1. The number of hydrogen-bond acceptors (Lipinski definition) is 5. The first-order valence-electron chi connectivity index (χ1n) is 9.59. The number of likely N-dealkylation sites (tertiary alicyclic amines) is 1. The number of benzene rings is 1. The van der Waals surface area contributed by atoms with Crippen molar-refractivity contribution in [3.8, 4) is 0 Å². The lowest BCUT2D eigenvalue weighted by Gasteiger charge is -2.26. The number of likely N-dealkylation sites (N-methyl/N-ethyl adjacent to an activating group) is 1. The molecule has 0 bridgehead atoms. The number of aliphatic hydroxyl groups excluding tert-OH is 1. The Kier molecular flexibility index (Phi) is 5.99. The first-order valence-corrected chi connectivity index (χ1v) is 9.59. The summed E-state index contributed by atoms with van der Waals surface area (Å²) in [4.78, 5) is 29.3. The monoisotopic (exact) mass is 382 g/mol. The largest absolute Gasteiger partial charge is 0.507 e. The fourth-order valence-electron chi connectivity index (χ4n) is 3.51. The van der Waals surface area contributed by atoms with Crippen LogP contribution in [0.1, 0.15) is 36.8 Å². The van der Waals surface area contributed by atoms with Crippen molar-refractivity contribution in [3.63, 3.8) is 0 Å². The topological polar surface area (TPSA) is 74.0 Å². The van der Waals surface area contributed by atoms with E-state index in [4.69, 9.17) is 4.42 Å². The minimum atomic E-state index is -0.730. The lowest BCUT2D eigenvalue weighted by Crippen LogP contribution is -2.37. The Hall–Kier alpha value is -2.86. The van der Waals surface area contributed by atoms with Gasteiger partial charge in [0.15, 0.2) is 0 Å². The molecule has 1 aliphatic heterocycles. The van der Waals surface area contributed by atoms with E-state index in [1.165, 1.54) is 11.2 Å². The quantitative estimate of drug-likeness (QED) is 0.452. The van der Waals surface area contributed by atoms with Crippen molar-refractivity contribution < 1.29 is 19.1 Å². The molecule has 1 aliphatic rings. The van der Waals surface area contributed by atoms with Crippen molar-refractivity contribution in [3.05, 3.63) is 65.1 Å². The molecule has 1 aromatic heterocycles. The van der Waals surface area contributed by atoms with Gasteiger partial charge < -0.3 is 19.3 Å². The summed E-state index contributed by atoms with van der Waals surface area (Å²) in [6.45, 7) is 8.78. The van der Waals surface area contributed by atoms with Crippen molar-refractivity contribution >= 4 is 17.4 Å². The number of furan rings is 1. The van der Waals surface area contributed by atoms with Crippen LogP contribution in [0.25, 0.3) is 5.76 Å². The molecule has 28 heavy (non-hydrogen) atoms. The molecule has 2 aromatic rings.